The lowest BCUT2D eigenvalue weighted by Gasteiger charge is -2.13. The Bertz CT molecular complexity index is 526. The monoisotopic (exact) mass is 297 g/mol. The summed E-state index contributed by atoms with van der Waals surface area (Å²) in [6, 6.07) is 8.24. The first-order valence-corrected chi connectivity index (χ1v) is 7.93. The first-order chi connectivity index (χ1) is 9.26. The molecule has 0 aliphatic carbocycles. The molecule has 1 atom stereocenters. The number of hydrogen-bond acceptors (Lipinski definition) is 3. The summed E-state index contributed by atoms with van der Waals surface area (Å²) < 4.78 is 1.24. The van der Waals surface area contributed by atoms with E-state index in [1.54, 1.807) is 11.3 Å². The molecule has 0 spiro atoms. The van der Waals surface area contributed by atoms with E-state index in [9.17, 15) is 0 Å². The van der Waals surface area contributed by atoms with Crippen molar-refractivity contribution >= 4 is 33.0 Å². The van der Waals surface area contributed by atoms with Crippen LogP contribution in [0, 0.1) is 5.92 Å². The van der Waals surface area contributed by atoms with Gasteiger partial charge in [0.2, 0.25) is 0 Å². The van der Waals surface area contributed by atoms with Gasteiger partial charge in [0.25, 0.3) is 0 Å². The minimum absolute atomic E-state index is 0.268. The molecule has 0 saturated carbocycles. The van der Waals surface area contributed by atoms with Crippen molar-refractivity contribution in [1.29, 1.82) is 0 Å². The van der Waals surface area contributed by atoms with Gasteiger partial charge in [0, 0.05) is 28.1 Å². The van der Waals surface area contributed by atoms with Crippen molar-refractivity contribution in [1.82, 2.24) is 5.32 Å². The Morgan fingerprint density at radius 1 is 1.37 bits per heavy atom. The van der Waals surface area contributed by atoms with E-state index >= 15 is 0 Å². The van der Waals surface area contributed by atoms with Crippen LogP contribution in [0.25, 0.3) is 10.1 Å². The number of rotatable bonds is 7. The van der Waals surface area contributed by atoms with Gasteiger partial charge in [-0.25, -0.2) is 0 Å². The van der Waals surface area contributed by atoms with Gasteiger partial charge < -0.3 is 10.4 Å². The van der Waals surface area contributed by atoms with Crippen molar-refractivity contribution in [3.8, 4) is 0 Å². The van der Waals surface area contributed by atoms with Gasteiger partial charge >= 0.3 is 0 Å². The molecule has 1 unspecified atom stereocenters. The summed E-state index contributed by atoms with van der Waals surface area (Å²) in [5.74, 6) is 0.540. The van der Waals surface area contributed by atoms with Crippen LogP contribution in [0.1, 0.15) is 24.6 Å². The fraction of sp³-hybridized carbons (Fsp3) is 0.467. The fourth-order valence-electron chi connectivity index (χ4n) is 2.20. The molecule has 0 bridgehead atoms. The second-order valence-electron chi connectivity index (χ2n) is 4.75. The molecule has 4 heteroatoms. The molecular weight excluding hydrogens is 278 g/mol. The van der Waals surface area contributed by atoms with Crippen LogP contribution in [0.4, 0.5) is 0 Å². The molecule has 1 heterocycles. The van der Waals surface area contributed by atoms with Crippen LogP contribution in [0.15, 0.2) is 24.3 Å². The number of nitrogens with one attached hydrogen (secondary N) is 1. The SMILES string of the molecule is CCC(CCO)CNCc1sc2ccccc2c1Cl. The van der Waals surface area contributed by atoms with E-state index in [0.29, 0.717) is 5.92 Å². The van der Waals surface area contributed by atoms with Crippen LogP contribution < -0.4 is 5.32 Å². The lowest BCUT2D eigenvalue weighted by atomic mass is 10.0. The van der Waals surface area contributed by atoms with Crippen LogP contribution >= 0.6 is 22.9 Å². The molecule has 19 heavy (non-hydrogen) atoms. The van der Waals surface area contributed by atoms with Crippen molar-refractivity contribution < 1.29 is 5.11 Å². The number of thiophene rings is 1. The normalized spacial score (nSPS) is 13.0. The predicted octanol–water partition coefficient (Wildman–Crippen LogP) is 4.05. The highest BCUT2D eigenvalue weighted by molar-refractivity contribution is 7.19. The molecule has 2 aromatic rings. The second kappa shape index (κ2) is 7.25. The lowest BCUT2D eigenvalue weighted by molar-refractivity contribution is 0.251. The standard InChI is InChI=1S/C15H20ClNOS/c1-2-11(7-8-18)9-17-10-14-15(16)12-5-3-4-6-13(12)19-14/h3-6,11,17-18H,2,7-10H2,1H3. The second-order valence-corrected chi connectivity index (χ2v) is 6.27. The highest BCUT2D eigenvalue weighted by atomic mass is 35.5. The molecule has 0 amide bonds. The third-order valence-corrected chi connectivity index (χ3v) is 5.15. The molecular formula is C15H20ClNOS. The Hall–Kier alpha value is -0.610. The van der Waals surface area contributed by atoms with E-state index in [-0.39, 0.29) is 6.61 Å². The number of benzene rings is 1. The van der Waals surface area contributed by atoms with Crippen molar-refractivity contribution in [3.05, 3.63) is 34.2 Å². The van der Waals surface area contributed by atoms with E-state index in [0.717, 1.165) is 36.3 Å². The Morgan fingerprint density at radius 3 is 2.84 bits per heavy atom. The molecule has 0 fully saturated rings. The first kappa shape index (κ1) is 14.8. The maximum atomic E-state index is 8.98. The smallest absolute Gasteiger partial charge is 0.0636 e. The zero-order valence-electron chi connectivity index (χ0n) is 11.2. The van der Waals surface area contributed by atoms with Crippen LogP contribution in [-0.2, 0) is 6.54 Å². The molecule has 1 aromatic heterocycles. The molecule has 1 aromatic carbocycles. The third-order valence-electron chi connectivity index (χ3n) is 3.43. The number of halogens is 1. The van der Waals surface area contributed by atoms with Gasteiger partial charge in [-0.15, -0.1) is 11.3 Å². The van der Waals surface area contributed by atoms with Crippen molar-refractivity contribution in [2.24, 2.45) is 5.92 Å². The largest absolute Gasteiger partial charge is 0.396 e. The number of aliphatic hydroxyl groups is 1. The summed E-state index contributed by atoms with van der Waals surface area (Å²) in [4.78, 5) is 1.20. The van der Waals surface area contributed by atoms with Crippen LogP contribution in [0.2, 0.25) is 5.02 Å². The van der Waals surface area contributed by atoms with Crippen LogP contribution in [0.3, 0.4) is 0 Å². The van der Waals surface area contributed by atoms with E-state index < -0.39 is 0 Å². The van der Waals surface area contributed by atoms with Crippen molar-refractivity contribution in [2.75, 3.05) is 13.2 Å². The minimum atomic E-state index is 0.268. The minimum Gasteiger partial charge on any atom is -0.396 e. The van der Waals surface area contributed by atoms with Gasteiger partial charge in [0.15, 0.2) is 0 Å². The van der Waals surface area contributed by atoms with Crippen LogP contribution in [-0.4, -0.2) is 18.3 Å². The summed E-state index contributed by atoms with van der Waals surface area (Å²) >= 11 is 8.15. The zero-order chi connectivity index (χ0) is 13.7. The Balaban J connectivity index is 1.96. The van der Waals surface area contributed by atoms with Gasteiger partial charge in [-0.3, -0.25) is 0 Å². The maximum Gasteiger partial charge on any atom is 0.0636 e. The van der Waals surface area contributed by atoms with Crippen LogP contribution in [0.5, 0.6) is 0 Å². The fourth-order valence-corrected chi connectivity index (χ4v) is 3.67. The molecule has 0 aliphatic heterocycles. The molecule has 0 radical (unpaired) electrons. The van der Waals surface area contributed by atoms with E-state index in [1.807, 2.05) is 12.1 Å². The molecule has 104 valence electrons. The molecule has 2 rings (SSSR count). The lowest BCUT2D eigenvalue weighted by Crippen LogP contribution is -2.22. The zero-order valence-corrected chi connectivity index (χ0v) is 12.7. The maximum absolute atomic E-state index is 8.98. The summed E-state index contributed by atoms with van der Waals surface area (Å²) in [6.45, 7) is 4.17. The summed E-state index contributed by atoms with van der Waals surface area (Å²) in [6.07, 6.45) is 1.96. The van der Waals surface area contributed by atoms with E-state index in [1.165, 1.54) is 9.58 Å². The van der Waals surface area contributed by atoms with E-state index in [2.05, 4.69) is 24.4 Å². The molecule has 2 N–H and O–H groups in total. The third kappa shape index (κ3) is 3.69. The molecule has 2 nitrogen and oxygen atoms in total. The van der Waals surface area contributed by atoms with Gasteiger partial charge in [-0.2, -0.15) is 0 Å². The number of aliphatic hydroxyl groups excluding tert-OH is 1. The van der Waals surface area contributed by atoms with Gasteiger partial charge in [0.05, 0.1) is 5.02 Å². The van der Waals surface area contributed by atoms with Crippen molar-refractivity contribution in [2.45, 2.75) is 26.3 Å². The summed E-state index contributed by atoms with van der Waals surface area (Å²) in [7, 11) is 0. The van der Waals surface area contributed by atoms with Gasteiger partial charge in [-0.05, 0) is 24.9 Å². The average Bonchev–Trinajstić information content (AvgIpc) is 2.75. The Kier molecular flexibility index (Phi) is 5.64. The van der Waals surface area contributed by atoms with Crippen molar-refractivity contribution in [3.63, 3.8) is 0 Å². The topological polar surface area (TPSA) is 32.3 Å². The predicted molar refractivity (Wildman–Crippen MR) is 84.0 cm³/mol. The molecule has 0 saturated heterocycles. The van der Waals surface area contributed by atoms with Gasteiger partial charge in [-0.1, -0.05) is 43.1 Å². The number of hydrogen-bond donors (Lipinski definition) is 2. The number of fused-ring (bicyclic) bond motifs is 1. The van der Waals surface area contributed by atoms with Gasteiger partial charge in [0.1, 0.15) is 0 Å². The average molecular weight is 298 g/mol. The summed E-state index contributed by atoms with van der Waals surface area (Å²) in [5.41, 5.74) is 0. The molecule has 0 aliphatic rings. The Labute approximate surface area is 123 Å². The highest BCUT2D eigenvalue weighted by Gasteiger charge is 2.10. The Morgan fingerprint density at radius 2 is 2.16 bits per heavy atom. The summed E-state index contributed by atoms with van der Waals surface area (Å²) in [5, 5.41) is 14.5. The quantitative estimate of drug-likeness (QED) is 0.808. The van der Waals surface area contributed by atoms with E-state index in [4.69, 9.17) is 16.7 Å². The first-order valence-electron chi connectivity index (χ1n) is 6.73. The highest BCUT2D eigenvalue weighted by Crippen LogP contribution is 2.34.